The van der Waals surface area contributed by atoms with E-state index < -0.39 is 0 Å². The van der Waals surface area contributed by atoms with Crippen LogP contribution < -0.4 is 11.3 Å². The van der Waals surface area contributed by atoms with Crippen LogP contribution in [0.15, 0.2) is 29.1 Å². The van der Waals surface area contributed by atoms with Gasteiger partial charge in [0.05, 0.1) is 11.2 Å². The number of anilines is 1. The first-order chi connectivity index (χ1) is 6.18. The zero-order chi connectivity index (χ0) is 9.42. The van der Waals surface area contributed by atoms with E-state index in [1.807, 2.05) is 0 Å². The van der Waals surface area contributed by atoms with Crippen LogP contribution in [0.1, 0.15) is 0 Å². The normalized spacial score (nSPS) is 10.5. The van der Waals surface area contributed by atoms with E-state index in [0.29, 0.717) is 16.6 Å². The number of pyridine rings is 1. The van der Waals surface area contributed by atoms with Gasteiger partial charge in [-0.25, -0.2) is 0 Å². The zero-order valence-corrected chi connectivity index (χ0v) is 6.74. The summed E-state index contributed by atoms with van der Waals surface area (Å²) in [4.78, 5) is 13.5. The van der Waals surface area contributed by atoms with Crippen LogP contribution in [0.4, 0.5) is 5.69 Å². The second-order valence-corrected chi connectivity index (χ2v) is 2.79. The van der Waals surface area contributed by atoms with Gasteiger partial charge in [0.1, 0.15) is 5.75 Å². The van der Waals surface area contributed by atoms with Crippen LogP contribution in [0.5, 0.6) is 5.75 Å². The number of phenols is 1. The number of hydrogen-bond donors (Lipinski definition) is 3. The molecule has 0 aliphatic rings. The van der Waals surface area contributed by atoms with E-state index in [-0.39, 0.29) is 11.3 Å². The Bertz CT molecular complexity index is 516. The summed E-state index contributed by atoms with van der Waals surface area (Å²) >= 11 is 0. The predicted octanol–water partition coefficient (Wildman–Crippen LogP) is 0.816. The molecule has 0 aliphatic heterocycles. The highest BCUT2D eigenvalue weighted by Crippen LogP contribution is 2.27. The van der Waals surface area contributed by atoms with Crippen LogP contribution in [-0.2, 0) is 0 Å². The largest absolute Gasteiger partial charge is 0.505 e. The molecule has 66 valence electrons. The second-order valence-electron chi connectivity index (χ2n) is 2.79. The van der Waals surface area contributed by atoms with Crippen LogP contribution in [0, 0.1) is 0 Å². The molecule has 2 rings (SSSR count). The molecule has 1 heterocycles. The maximum atomic E-state index is 10.9. The number of phenolic OH excluding ortho intramolecular Hbond substituents is 1. The maximum Gasteiger partial charge on any atom is 0.248 e. The Balaban J connectivity index is 2.95. The minimum atomic E-state index is -0.198. The molecule has 1 aromatic carbocycles. The van der Waals surface area contributed by atoms with Crippen LogP contribution in [0.2, 0.25) is 0 Å². The fraction of sp³-hybridized carbons (Fsp3) is 0. The molecule has 0 saturated carbocycles. The van der Waals surface area contributed by atoms with Crippen molar-refractivity contribution in [2.75, 3.05) is 5.73 Å². The molecule has 0 unspecified atom stereocenters. The number of rotatable bonds is 0. The third-order valence-corrected chi connectivity index (χ3v) is 1.91. The third-order valence-electron chi connectivity index (χ3n) is 1.91. The van der Waals surface area contributed by atoms with Crippen molar-refractivity contribution in [3.8, 4) is 5.75 Å². The van der Waals surface area contributed by atoms with Crippen LogP contribution in [-0.4, -0.2) is 10.1 Å². The number of aromatic amines is 1. The Kier molecular flexibility index (Phi) is 1.48. The van der Waals surface area contributed by atoms with Crippen molar-refractivity contribution in [1.82, 2.24) is 4.98 Å². The van der Waals surface area contributed by atoms with E-state index in [1.54, 1.807) is 18.2 Å². The molecular weight excluding hydrogens is 168 g/mol. The highest BCUT2D eigenvalue weighted by atomic mass is 16.3. The molecule has 4 N–H and O–H groups in total. The highest BCUT2D eigenvalue weighted by molar-refractivity contribution is 5.89. The number of benzene rings is 1. The molecule has 0 fully saturated rings. The molecule has 4 nitrogen and oxygen atoms in total. The quantitative estimate of drug-likeness (QED) is 0.410. The molecule has 2 aromatic rings. The Morgan fingerprint density at radius 1 is 1.23 bits per heavy atom. The van der Waals surface area contributed by atoms with Crippen molar-refractivity contribution >= 4 is 16.6 Å². The van der Waals surface area contributed by atoms with Gasteiger partial charge in [0.15, 0.2) is 0 Å². The fourth-order valence-electron chi connectivity index (χ4n) is 1.24. The number of hydrogen-bond acceptors (Lipinski definition) is 3. The molecule has 13 heavy (non-hydrogen) atoms. The summed E-state index contributed by atoms with van der Waals surface area (Å²) in [7, 11) is 0. The summed E-state index contributed by atoms with van der Waals surface area (Å²) in [5.41, 5.74) is 6.17. The summed E-state index contributed by atoms with van der Waals surface area (Å²) in [6, 6.07) is 6.10. The molecule has 0 radical (unpaired) electrons. The van der Waals surface area contributed by atoms with Crippen LogP contribution in [0.25, 0.3) is 10.9 Å². The molecular formula is C9H8N2O2. The first-order valence-corrected chi connectivity index (χ1v) is 3.79. The van der Waals surface area contributed by atoms with Crippen molar-refractivity contribution in [2.24, 2.45) is 0 Å². The second kappa shape index (κ2) is 2.52. The van der Waals surface area contributed by atoms with E-state index in [2.05, 4.69) is 4.98 Å². The maximum absolute atomic E-state index is 10.9. The monoisotopic (exact) mass is 176 g/mol. The van der Waals surface area contributed by atoms with Crippen LogP contribution in [0.3, 0.4) is 0 Å². The number of H-pyrrole nitrogens is 1. The fourth-order valence-corrected chi connectivity index (χ4v) is 1.24. The summed E-state index contributed by atoms with van der Waals surface area (Å²) in [6.07, 6.45) is 0. The molecule has 1 aromatic heterocycles. The summed E-state index contributed by atoms with van der Waals surface area (Å²) in [5, 5.41) is 10.1. The SMILES string of the molecule is Nc1ccc2[nH]c(=O)ccc2c1O. The van der Waals surface area contributed by atoms with Crippen molar-refractivity contribution in [3.63, 3.8) is 0 Å². The van der Waals surface area contributed by atoms with Gasteiger partial charge in [-0.1, -0.05) is 0 Å². The standard InChI is InChI=1S/C9H8N2O2/c10-6-2-3-7-5(9(6)13)1-4-8(12)11-7/h1-4,13H,10H2,(H,11,12). The lowest BCUT2D eigenvalue weighted by Gasteiger charge is -2.02. The van der Waals surface area contributed by atoms with E-state index in [1.165, 1.54) is 6.07 Å². The molecule has 0 spiro atoms. The zero-order valence-electron chi connectivity index (χ0n) is 6.74. The minimum Gasteiger partial charge on any atom is -0.505 e. The molecule has 4 heteroatoms. The lowest BCUT2D eigenvalue weighted by molar-refractivity contribution is 0.484. The van der Waals surface area contributed by atoms with Crippen molar-refractivity contribution < 1.29 is 5.11 Å². The van der Waals surface area contributed by atoms with Gasteiger partial charge in [-0.05, 0) is 18.2 Å². The smallest absolute Gasteiger partial charge is 0.248 e. The van der Waals surface area contributed by atoms with E-state index in [9.17, 15) is 9.90 Å². The lowest BCUT2D eigenvalue weighted by atomic mass is 10.2. The molecule has 0 atom stereocenters. The lowest BCUT2D eigenvalue weighted by Crippen LogP contribution is -2.02. The topological polar surface area (TPSA) is 79.1 Å². The average Bonchev–Trinajstić information content (AvgIpc) is 2.12. The van der Waals surface area contributed by atoms with Gasteiger partial charge in [-0.2, -0.15) is 0 Å². The number of nitrogens with two attached hydrogens (primary N) is 1. The Hall–Kier alpha value is -1.97. The third kappa shape index (κ3) is 1.12. The van der Waals surface area contributed by atoms with Gasteiger partial charge >= 0.3 is 0 Å². The van der Waals surface area contributed by atoms with Gasteiger partial charge in [0.2, 0.25) is 5.56 Å². The number of aromatic nitrogens is 1. The highest BCUT2D eigenvalue weighted by Gasteiger charge is 2.02. The summed E-state index contributed by atoms with van der Waals surface area (Å²) in [6.45, 7) is 0. The van der Waals surface area contributed by atoms with E-state index in [0.717, 1.165) is 0 Å². The van der Waals surface area contributed by atoms with Gasteiger partial charge in [0.25, 0.3) is 0 Å². The first-order valence-electron chi connectivity index (χ1n) is 3.79. The van der Waals surface area contributed by atoms with Crippen molar-refractivity contribution in [1.29, 1.82) is 0 Å². The van der Waals surface area contributed by atoms with Crippen molar-refractivity contribution in [2.45, 2.75) is 0 Å². The number of fused-ring (bicyclic) bond motifs is 1. The van der Waals surface area contributed by atoms with Crippen LogP contribution >= 0.6 is 0 Å². The van der Waals surface area contributed by atoms with E-state index >= 15 is 0 Å². The van der Waals surface area contributed by atoms with Gasteiger partial charge in [-0.3, -0.25) is 4.79 Å². The number of nitrogens with one attached hydrogen (secondary N) is 1. The molecule has 0 amide bonds. The Morgan fingerprint density at radius 3 is 2.77 bits per heavy atom. The summed E-state index contributed by atoms with van der Waals surface area (Å²) in [5.74, 6) is 0.00810. The van der Waals surface area contributed by atoms with Gasteiger partial charge < -0.3 is 15.8 Å². The van der Waals surface area contributed by atoms with Gasteiger partial charge in [-0.15, -0.1) is 0 Å². The Labute approximate surface area is 73.6 Å². The Morgan fingerprint density at radius 2 is 2.00 bits per heavy atom. The molecule has 0 aliphatic carbocycles. The number of nitrogen functional groups attached to an aromatic ring is 1. The summed E-state index contributed by atoms with van der Waals surface area (Å²) < 4.78 is 0. The van der Waals surface area contributed by atoms with E-state index in [4.69, 9.17) is 5.73 Å². The van der Waals surface area contributed by atoms with Crippen molar-refractivity contribution in [3.05, 3.63) is 34.6 Å². The number of aromatic hydroxyl groups is 1. The predicted molar refractivity (Wildman–Crippen MR) is 50.6 cm³/mol. The van der Waals surface area contributed by atoms with Gasteiger partial charge in [0, 0.05) is 11.5 Å². The molecule has 0 saturated heterocycles. The first kappa shape index (κ1) is 7.67. The minimum absolute atomic E-state index is 0.00810. The molecule has 0 bridgehead atoms. The average molecular weight is 176 g/mol.